The summed E-state index contributed by atoms with van der Waals surface area (Å²) < 4.78 is 32.4. The first-order chi connectivity index (χ1) is 11.0. The van der Waals surface area contributed by atoms with E-state index in [4.69, 9.17) is 16.0 Å². The Kier molecular flexibility index (Phi) is 4.42. The lowest BCUT2D eigenvalue weighted by Crippen LogP contribution is -2.23. The number of aromatic nitrogens is 2. The highest BCUT2D eigenvalue weighted by Gasteiger charge is 2.15. The van der Waals surface area contributed by atoms with Crippen LogP contribution in [0.25, 0.3) is 11.5 Å². The summed E-state index contributed by atoms with van der Waals surface area (Å²) in [5.41, 5.74) is 1.31. The topological polar surface area (TPSA) is 85.1 Å². The van der Waals surface area contributed by atoms with Crippen LogP contribution in [0.3, 0.4) is 0 Å². The van der Waals surface area contributed by atoms with Crippen molar-refractivity contribution < 1.29 is 12.8 Å². The average Bonchev–Trinajstić information content (AvgIpc) is 3.08. The first-order valence-corrected chi connectivity index (χ1v) is 8.51. The van der Waals surface area contributed by atoms with Crippen LogP contribution in [0.5, 0.6) is 0 Å². The van der Waals surface area contributed by atoms with Gasteiger partial charge in [0.15, 0.2) is 0 Å². The number of sulfonamides is 1. The minimum atomic E-state index is -3.67. The maximum Gasteiger partial charge on any atom is 0.247 e. The third-order valence-electron chi connectivity index (χ3n) is 3.11. The van der Waals surface area contributed by atoms with E-state index in [1.54, 1.807) is 36.4 Å². The Morgan fingerprint density at radius 3 is 2.70 bits per heavy atom. The molecule has 6 nitrogen and oxygen atoms in total. The molecule has 1 heterocycles. The molecule has 0 atom stereocenters. The smallest absolute Gasteiger partial charge is 0.247 e. The van der Waals surface area contributed by atoms with Gasteiger partial charge in [0.25, 0.3) is 0 Å². The van der Waals surface area contributed by atoms with Gasteiger partial charge in [-0.25, -0.2) is 13.1 Å². The highest BCUT2D eigenvalue weighted by atomic mass is 35.5. The normalized spacial score (nSPS) is 11.5. The molecule has 8 heteroatoms. The molecular formula is C15H12ClN3O3S. The van der Waals surface area contributed by atoms with Crippen molar-refractivity contribution in [2.75, 3.05) is 0 Å². The van der Waals surface area contributed by atoms with Crippen LogP contribution >= 0.6 is 11.6 Å². The molecule has 0 bridgehead atoms. The number of hydrogen-bond donors (Lipinski definition) is 1. The largest absolute Gasteiger partial charge is 0.423 e. The minimum absolute atomic E-state index is 0.121. The molecule has 1 aromatic heterocycles. The first kappa shape index (κ1) is 15.7. The first-order valence-electron chi connectivity index (χ1n) is 6.65. The van der Waals surface area contributed by atoms with Gasteiger partial charge in [0.1, 0.15) is 0 Å². The summed E-state index contributed by atoms with van der Waals surface area (Å²) >= 11 is 5.89. The second-order valence-corrected chi connectivity index (χ2v) is 6.93. The van der Waals surface area contributed by atoms with Crippen molar-refractivity contribution in [1.29, 1.82) is 0 Å². The third kappa shape index (κ3) is 3.76. The number of halogens is 1. The quantitative estimate of drug-likeness (QED) is 0.765. The van der Waals surface area contributed by atoms with Crippen LogP contribution in [-0.2, 0) is 16.6 Å². The Morgan fingerprint density at radius 1 is 1.13 bits per heavy atom. The second-order valence-electron chi connectivity index (χ2n) is 4.73. The summed E-state index contributed by atoms with van der Waals surface area (Å²) in [5.74, 6) is 0.261. The molecule has 0 aliphatic rings. The molecule has 0 spiro atoms. The standard InChI is InChI=1S/C15H12ClN3O3S/c16-13-5-1-3-11(7-13)9-18-23(20,21)14-6-2-4-12(8-14)15-19-17-10-22-15/h1-8,10,18H,9H2. The SMILES string of the molecule is O=S(=O)(NCc1cccc(Cl)c1)c1cccc(-c2nnco2)c1. The van der Waals surface area contributed by atoms with Crippen molar-refractivity contribution >= 4 is 21.6 Å². The van der Waals surface area contributed by atoms with Gasteiger partial charge in [-0.2, -0.15) is 0 Å². The van der Waals surface area contributed by atoms with Gasteiger partial charge in [0.05, 0.1) is 4.90 Å². The van der Waals surface area contributed by atoms with E-state index in [0.29, 0.717) is 10.6 Å². The van der Waals surface area contributed by atoms with Crippen LogP contribution in [0, 0.1) is 0 Å². The Morgan fingerprint density at radius 2 is 1.96 bits per heavy atom. The van der Waals surface area contributed by atoms with E-state index >= 15 is 0 Å². The Bertz CT molecular complexity index is 911. The summed E-state index contributed by atoms with van der Waals surface area (Å²) in [6.45, 7) is 0.147. The van der Waals surface area contributed by atoms with Crippen molar-refractivity contribution in [3.8, 4) is 11.5 Å². The monoisotopic (exact) mass is 349 g/mol. The molecule has 118 valence electrons. The fourth-order valence-corrected chi connectivity index (χ4v) is 3.28. The predicted octanol–water partition coefficient (Wildman–Crippen LogP) is 2.87. The maximum absolute atomic E-state index is 12.4. The van der Waals surface area contributed by atoms with Crippen molar-refractivity contribution in [3.63, 3.8) is 0 Å². The molecule has 1 N–H and O–H groups in total. The maximum atomic E-state index is 12.4. The molecule has 0 saturated carbocycles. The number of nitrogens with zero attached hydrogens (tertiary/aromatic N) is 2. The van der Waals surface area contributed by atoms with Gasteiger partial charge in [0, 0.05) is 17.1 Å². The predicted molar refractivity (Wildman–Crippen MR) is 85.2 cm³/mol. The van der Waals surface area contributed by atoms with E-state index in [0.717, 1.165) is 5.56 Å². The molecule has 0 amide bonds. The highest BCUT2D eigenvalue weighted by molar-refractivity contribution is 7.89. The molecular weight excluding hydrogens is 338 g/mol. The molecule has 3 aromatic rings. The molecule has 0 radical (unpaired) electrons. The number of benzene rings is 2. The van der Waals surface area contributed by atoms with E-state index < -0.39 is 10.0 Å². The van der Waals surface area contributed by atoms with Crippen molar-refractivity contribution in [3.05, 3.63) is 65.5 Å². The summed E-state index contributed by atoms with van der Waals surface area (Å²) in [6.07, 6.45) is 1.19. The summed E-state index contributed by atoms with van der Waals surface area (Å²) in [6, 6.07) is 13.3. The fourth-order valence-electron chi connectivity index (χ4n) is 2.00. The van der Waals surface area contributed by atoms with E-state index in [9.17, 15) is 8.42 Å². The molecule has 0 unspecified atom stereocenters. The van der Waals surface area contributed by atoms with Gasteiger partial charge < -0.3 is 4.42 Å². The molecule has 0 aliphatic heterocycles. The van der Waals surface area contributed by atoms with Gasteiger partial charge in [0.2, 0.25) is 22.3 Å². The molecule has 0 aliphatic carbocycles. The molecule has 0 fully saturated rings. The lowest BCUT2D eigenvalue weighted by Gasteiger charge is -2.08. The van der Waals surface area contributed by atoms with Gasteiger partial charge in [-0.3, -0.25) is 0 Å². The van der Waals surface area contributed by atoms with E-state index in [1.807, 2.05) is 0 Å². The lowest BCUT2D eigenvalue weighted by atomic mass is 10.2. The van der Waals surface area contributed by atoms with Crippen molar-refractivity contribution in [1.82, 2.24) is 14.9 Å². The molecule has 0 saturated heterocycles. The zero-order valence-corrected chi connectivity index (χ0v) is 13.4. The van der Waals surface area contributed by atoms with Gasteiger partial charge in [-0.05, 0) is 35.9 Å². The van der Waals surface area contributed by atoms with Crippen LogP contribution in [0.1, 0.15) is 5.56 Å². The zero-order chi connectivity index (χ0) is 16.3. The van der Waals surface area contributed by atoms with E-state index in [2.05, 4.69) is 14.9 Å². The number of rotatable bonds is 5. The van der Waals surface area contributed by atoms with Crippen LogP contribution in [0.4, 0.5) is 0 Å². The average molecular weight is 350 g/mol. The van der Waals surface area contributed by atoms with Crippen LogP contribution in [-0.4, -0.2) is 18.6 Å². The van der Waals surface area contributed by atoms with Gasteiger partial charge in [-0.15, -0.1) is 10.2 Å². The summed E-state index contributed by atoms with van der Waals surface area (Å²) in [5, 5.41) is 7.90. The molecule has 2 aromatic carbocycles. The second kappa shape index (κ2) is 6.49. The molecule has 3 rings (SSSR count). The van der Waals surface area contributed by atoms with E-state index in [1.165, 1.54) is 18.5 Å². The van der Waals surface area contributed by atoms with Crippen molar-refractivity contribution in [2.24, 2.45) is 0 Å². The van der Waals surface area contributed by atoms with Gasteiger partial charge in [-0.1, -0.05) is 29.8 Å². The number of nitrogens with one attached hydrogen (secondary N) is 1. The highest BCUT2D eigenvalue weighted by Crippen LogP contribution is 2.20. The summed E-state index contributed by atoms with van der Waals surface area (Å²) in [7, 11) is -3.67. The Balaban J connectivity index is 1.81. The summed E-state index contributed by atoms with van der Waals surface area (Å²) in [4.78, 5) is 0.121. The number of hydrogen-bond acceptors (Lipinski definition) is 5. The zero-order valence-electron chi connectivity index (χ0n) is 11.8. The Labute approximate surface area is 138 Å². The van der Waals surface area contributed by atoms with Crippen LogP contribution in [0.15, 0.2) is 64.2 Å². The Hall–Kier alpha value is -2.22. The fraction of sp³-hybridized carbons (Fsp3) is 0.0667. The van der Waals surface area contributed by atoms with Crippen LogP contribution < -0.4 is 4.72 Å². The van der Waals surface area contributed by atoms with E-state index in [-0.39, 0.29) is 17.3 Å². The van der Waals surface area contributed by atoms with Crippen LogP contribution in [0.2, 0.25) is 5.02 Å². The van der Waals surface area contributed by atoms with Gasteiger partial charge >= 0.3 is 0 Å². The lowest BCUT2D eigenvalue weighted by molar-refractivity contribution is 0.568. The molecule has 23 heavy (non-hydrogen) atoms. The minimum Gasteiger partial charge on any atom is -0.423 e. The third-order valence-corrected chi connectivity index (χ3v) is 4.74. The van der Waals surface area contributed by atoms with Crippen molar-refractivity contribution in [2.45, 2.75) is 11.4 Å².